The molecule has 78 valence electrons. The third-order valence-corrected chi connectivity index (χ3v) is 1.93. The van der Waals surface area contributed by atoms with Crippen LogP contribution in [0.25, 0.3) is 0 Å². The Morgan fingerprint density at radius 2 is 2.29 bits per heavy atom. The Kier molecular flexibility index (Phi) is 3.58. The highest BCUT2D eigenvalue weighted by Crippen LogP contribution is 2.04. The first-order valence-electron chi connectivity index (χ1n) is 4.35. The third kappa shape index (κ3) is 2.81. The monoisotopic (exact) mass is 199 g/mol. The molecule has 0 aliphatic rings. The molecule has 6 nitrogen and oxygen atoms in total. The average molecular weight is 199 g/mol. The number of aliphatic carboxylic acids is 1. The van der Waals surface area contributed by atoms with Crippen LogP contribution < -0.4 is 0 Å². The Labute approximate surface area is 81.5 Å². The molecule has 0 bridgehead atoms. The number of hydrogen-bond acceptors (Lipinski definition) is 5. The van der Waals surface area contributed by atoms with Crippen molar-refractivity contribution in [2.75, 3.05) is 13.1 Å². The molecule has 0 fully saturated rings. The Morgan fingerprint density at radius 1 is 1.57 bits per heavy atom. The van der Waals surface area contributed by atoms with E-state index in [1.807, 2.05) is 6.92 Å². The fourth-order valence-electron chi connectivity index (χ4n) is 1.08. The van der Waals surface area contributed by atoms with E-state index < -0.39 is 5.97 Å². The van der Waals surface area contributed by atoms with Crippen molar-refractivity contribution in [1.29, 1.82) is 0 Å². The molecule has 0 saturated carbocycles. The normalized spacial score (nSPS) is 10.8. The molecular weight excluding hydrogens is 186 g/mol. The van der Waals surface area contributed by atoms with Crippen LogP contribution in [-0.4, -0.2) is 39.4 Å². The summed E-state index contributed by atoms with van der Waals surface area (Å²) in [5.74, 6) is -0.846. The molecule has 0 unspecified atom stereocenters. The van der Waals surface area contributed by atoms with Crippen molar-refractivity contribution < 1.29 is 14.5 Å². The molecule has 0 radical (unpaired) electrons. The third-order valence-electron chi connectivity index (χ3n) is 1.93. The molecule has 1 N–H and O–H groups in total. The maximum Gasteiger partial charge on any atom is 0.317 e. The second kappa shape index (κ2) is 4.71. The molecule has 0 aromatic carbocycles. The lowest BCUT2D eigenvalue weighted by Crippen LogP contribution is -2.29. The molecule has 1 rings (SSSR count). The van der Waals surface area contributed by atoms with Crippen LogP contribution in [0.1, 0.15) is 18.3 Å². The summed E-state index contributed by atoms with van der Waals surface area (Å²) in [5.41, 5.74) is 1.39. The number of hydrogen-bond donors (Lipinski definition) is 1. The van der Waals surface area contributed by atoms with E-state index in [1.165, 1.54) is 0 Å². The van der Waals surface area contributed by atoms with Crippen LogP contribution in [0.4, 0.5) is 0 Å². The maximum absolute atomic E-state index is 10.5. The Hall–Kier alpha value is -1.43. The second-order valence-electron chi connectivity index (χ2n) is 2.99. The molecule has 0 aliphatic carbocycles. The molecular formula is C8H13N3O3. The van der Waals surface area contributed by atoms with Crippen molar-refractivity contribution in [2.45, 2.75) is 20.4 Å². The van der Waals surface area contributed by atoms with Gasteiger partial charge in [-0.05, 0) is 13.5 Å². The lowest BCUT2D eigenvalue weighted by molar-refractivity contribution is -0.138. The van der Waals surface area contributed by atoms with Crippen molar-refractivity contribution >= 4 is 5.97 Å². The van der Waals surface area contributed by atoms with Gasteiger partial charge in [0.05, 0.1) is 6.54 Å². The number of aromatic nitrogens is 2. The molecule has 1 heterocycles. The number of carboxylic acid groups (broad SMARTS) is 1. The fraction of sp³-hybridized carbons (Fsp3) is 0.625. The number of carbonyl (C=O) groups is 1. The first-order valence-corrected chi connectivity index (χ1v) is 4.35. The van der Waals surface area contributed by atoms with Crippen LogP contribution in [0.5, 0.6) is 0 Å². The topological polar surface area (TPSA) is 79.5 Å². The van der Waals surface area contributed by atoms with Crippen LogP contribution in [0.2, 0.25) is 0 Å². The van der Waals surface area contributed by atoms with E-state index >= 15 is 0 Å². The van der Waals surface area contributed by atoms with E-state index in [4.69, 9.17) is 5.11 Å². The van der Waals surface area contributed by atoms with E-state index in [2.05, 4.69) is 14.9 Å². The van der Waals surface area contributed by atoms with Crippen molar-refractivity contribution in [1.82, 2.24) is 15.2 Å². The van der Waals surface area contributed by atoms with Gasteiger partial charge in [-0.1, -0.05) is 17.2 Å². The van der Waals surface area contributed by atoms with Gasteiger partial charge in [0, 0.05) is 6.54 Å². The minimum Gasteiger partial charge on any atom is -0.480 e. The van der Waals surface area contributed by atoms with Crippen LogP contribution >= 0.6 is 0 Å². The number of likely N-dealkylation sites (N-methyl/N-ethyl adjacent to an activating group) is 1. The summed E-state index contributed by atoms with van der Waals surface area (Å²) in [6, 6.07) is 0. The van der Waals surface area contributed by atoms with Crippen LogP contribution in [0, 0.1) is 6.92 Å². The van der Waals surface area contributed by atoms with Gasteiger partial charge in [-0.2, -0.15) is 0 Å². The standard InChI is InChI=1S/C8H13N3O3/c1-3-11(5-8(12)13)4-7-6(2)9-14-10-7/h3-5H2,1-2H3,(H,12,13). The van der Waals surface area contributed by atoms with Gasteiger partial charge in [0.15, 0.2) is 0 Å². The van der Waals surface area contributed by atoms with Gasteiger partial charge in [0.1, 0.15) is 11.4 Å². The Morgan fingerprint density at radius 3 is 2.71 bits per heavy atom. The number of carboxylic acids is 1. The van der Waals surface area contributed by atoms with Gasteiger partial charge in [-0.25, -0.2) is 4.63 Å². The zero-order valence-corrected chi connectivity index (χ0v) is 8.23. The summed E-state index contributed by atoms with van der Waals surface area (Å²) in [5, 5.41) is 15.9. The number of rotatable bonds is 5. The molecule has 0 atom stereocenters. The maximum atomic E-state index is 10.5. The summed E-state index contributed by atoms with van der Waals surface area (Å²) in [7, 11) is 0. The van der Waals surface area contributed by atoms with Gasteiger partial charge in [-0.15, -0.1) is 0 Å². The summed E-state index contributed by atoms with van der Waals surface area (Å²) in [6.07, 6.45) is 0. The summed E-state index contributed by atoms with van der Waals surface area (Å²) in [4.78, 5) is 12.2. The smallest absolute Gasteiger partial charge is 0.317 e. The Balaban J connectivity index is 2.57. The SMILES string of the molecule is CCN(CC(=O)O)Cc1nonc1C. The molecule has 0 aliphatic heterocycles. The average Bonchev–Trinajstić information content (AvgIpc) is 2.50. The van der Waals surface area contributed by atoms with Gasteiger partial charge in [0.25, 0.3) is 0 Å². The number of nitrogens with zero attached hydrogens (tertiary/aromatic N) is 3. The molecule has 1 aromatic rings. The molecule has 0 spiro atoms. The fourth-order valence-corrected chi connectivity index (χ4v) is 1.08. The molecule has 0 amide bonds. The molecule has 6 heteroatoms. The minimum atomic E-state index is -0.846. The van der Waals surface area contributed by atoms with Crippen molar-refractivity contribution in [3.05, 3.63) is 11.4 Å². The van der Waals surface area contributed by atoms with Crippen molar-refractivity contribution in [3.63, 3.8) is 0 Å². The first kappa shape index (κ1) is 10.6. The highest BCUT2D eigenvalue weighted by Gasteiger charge is 2.12. The van der Waals surface area contributed by atoms with Gasteiger partial charge in [-0.3, -0.25) is 9.69 Å². The second-order valence-corrected chi connectivity index (χ2v) is 2.99. The van der Waals surface area contributed by atoms with Crippen LogP contribution in [-0.2, 0) is 11.3 Å². The predicted molar refractivity (Wildman–Crippen MR) is 47.6 cm³/mol. The molecule has 0 saturated heterocycles. The van der Waals surface area contributed by atoms with Crippen LogP contribution in [0.3, 0.4) is 0 Å². The quantitative estimate of drug-likeness (QED) is 0.734. The van der Waals surface area contributed by atoms with Gasteiger partial charge < -0.3 is 5.11 Å². The summed E-state index contributed by atoms with van der Waals surface area (Å²) < 4.78 is 4.52. The number of aryl methyl sites for hydroxylation is 1. The lowest BCUT2D eigenvalue weighted by Gasteiger charge is -2.15. The van der Waals surface area contributed by atoms with E-state index in [1.54, 1.807) is 11.8 Å². The highest BCUT2D eigenvalue weighted by molar-refractivity contribution is 5.69. The lowest BCUT2D eigenvalue weighted by atomic mass is 10.3. The highest BCUT2D eigenvalue weighted by atomic mass is 16.6. The minimum absolute atomic E-state index is 0.00278. The predicted octanol–water partition coefficient (Wildman–Crippen LogP) is 0.285. The summed E-state index contributed by atoms with van der Waals surface area (Å²) in [6.45, 7) is 4.78. The largest absolute Gasteiger partial charge is 0.480 e. The van der Waals surface area contributed by atoms with Crippen molar-refractivity contribution in [3.8, 4) is 0 Å². The first-order chi connectivity index (χ1) is 6.63. The van der Waals surface area contributed by atoms with E-state index in [0.29, 0.717) is 24.5 Å². The van der Waals surface area contributed by atoms with Gasteiger partial charge >= 0.3 is 5.97 Å². The molecule has 14 heavy (non-hydrogen) atoms. The summed E-state index contributed by atoms with van der Waals surface area (Å²) >= 11 is 0. The zero-order valence-electron chi connectivity index (χ0n) is 8.23. The van der Waals surface area contributed by atoms with Gasteiger partial charge in [0.2, 0.25) is 0 Å². The van der Waals surface area contributed by atoms with E-state index in [9.17, 15) is 4.79 Å². The van der Waals surface area contributed by atoms with E-state index in [0.717, 1.165) is 0 Å². The zero-order chi connectivity index (χ0) is 10.6. The van der Waals surface area contributed by atoms with Crippen LogP contribution in [0.15, 0.2) is 4.63 Å². The molecule has 1 aromatic heterocycles. The van der Waals surface area contributed by atoms with Crippen molar-refractivity contribution in [2.24, 2.45) is 0 Å². The van der Waals surface area contributed by atoms with E-state index in [-0.39, 0.29) is 6.54 Å². The Bertz CT molecular complexity index is 311.